The van der Waals surface area contributed by atoms with E-state index in [1.165, 1.54) is 6.20 Å². The summed E-state index contributed by atoms with van der Waals surface area (Å²) in [7, 11) is 0. The van der Waals surface area contributed by atoms with E-state index in [0.29, 0.717) is 5.69 Å². The first kappa shape index (κ1) is 13.1. The topological polar surface area (TPSA) is 55.1 Å². The van der Waals surface area contributed by atoms with E-state index in [1.807, 2.05) is 61.5 Å². The molecule has 0 bridgehead atoms. The molecule has 0 radical (unpaired) electrons. The molecule has 0 aliphatic carbocycles. The zero-order valence-corrected chi connectivity index (χ0v) is 11.5. The van der Waals surface area contributed by atoms with Gasteiger partial charge in [0.1, 0.15) is 5.56 Å². The van der Waals surface area contributed by atoms with Gasteiger partial charge in [-0.25, -0.2) is 9.48 Å². The van der Waals surface area contributed by atoms with Crippen LogP contribution in [0, 0.1) is 6.92 Å². The molecule has 0 fully saturated rings. The van der Waals surface area contributed by atoms with Crippen LogP contribution in [-0.4, -0.2) is 20.9 Å². The maximum Gasteiger partial charge on any atom is 0.339 e. The molecule has 0 saturated heterocycles. The number of carbonyl (C=O) groups is 1. The summed E-state index contributed by atoms with van der Waals surface area (Å²) in [5, 5.41) is 13.6. The highest BCUT2D eigenvalue weighted by Crippen LogP contribution is 2.27. The molecule has 0 spiro atoms. The smallest absolute Gasteiger partial charge is 0.339 e. The minimum Gasteiger partial charge on any atom is -0.478 e. The summed E-state index contributed by atoms with van der Waals surface area (Å²) in [6.45, 7) is 2.00. The van der Waals surface area contributed by atoms with Gasteiger partial charge in [0.15, 0.2) is 0 Å². The van der Waals surface area contributed by atoms with Crippen LogP contribution in [0.5, 0.6) is 0 Å². The molecule has 4 nitrogen and oxygen atoms in total. The maximum atomic E-state index is 11.5. The Bertz CT molecular complexity index is 774. The highest BCUT2D eigenvalue weighted by molar-refractivity contribution is 5.95. The van der Waals surface area contributed by atoms with Gasteiger partial charge >= 0.3 is 5.97 Å². The molecule has 0 saturated carbocycles. The molecule has 1 N–H and O–H groups in total. The Kier molecular flexibility index (Phi) is 3.28. The first-order chi connectivity index (χ1) is 10.2. The maximum absolute atomic E-state index is 11.5. The zero-order valence-electron chi connectivity index (χ0n) is 11.5. The van der Waals surface area contributed by atoms with Gasteiger partial charge in [0.2, 0.25) is 0 Å². The van der Waals surface area contributed by atoms with E-state index in [2.05, 4.69) is 5.10 Å². The molecular formula is C17H14N2O2. The Morgan fingerprint density at radius 1 is 1.05 bits per heavy atom. The fourth-order valence-electron chi connectivity index (χ4n) is 2.26. The third kappa shape index (κ3) is 2.43. The predicted octanol–water partition coefficient (Wildman–Crippen LogP) is 3.55. The summed E-state index contributed by atoms with van der Waals surface area (Å²) in [5.74, 6) is -0.979. The summed E-state index contributed by atoms with van der Waals surface area (Å²) in [4.78, 5) is 11.5. The number of hydrogen-bond donors (Lipinski definition) is 1. The number of carboxylic acids is 1. The van der Waals surface area contributed by atoms with Crippen LogP contribution in [0.2, 0.25) is 0 Å². The van der Waals surface area contributed by atoms with Gasteiger partial charge in [0.25, 0.3) is 0 Å². The Hall–Kier alpha value is -2.88. The SMILES string of the molecule is Cc1ccc(-c2c(C(=O)O)cnn2-c2ccccc2)cc1. The van der Waals surface area contributed by atoms with Crippen LogP contribution in [0.15, 0.2) is 60.8 Å². The van der Waals surface area contributed by atoms with Crippen LogP contribution in [0.25, 0.3) is 16.9 Å². The third-order valence-corrected chi connectivity index (χ3v) is 3.33. The highest BCUT2D eigenvalue weighted by atomic mass is 16.4. The third-order valence-electron chi connectivity index (χ3n) is 3.33. The van der Waals surface area contributed by atoms with E-state index < -0.39 is 5.97 Å². The van der Waals surface area contributed by atoms with Crippen molar-refractivity contribution in [2.75, 3.05) is 0 Å². The van der Waals surface area contributed by atoms with Crippen molar-refractivity contribution in [1.29, 1.82) is 0 Å². The number of nitrogens with zero attached hydrogens (tertiary/aromatic N) is 2. The summed E-state index contributed by atoms with van der Waals surface area (Å²) in [6, 6.07) is 17.3. The molecule has 0 aliphatic rings. The fourth-order valence-corrected chi connectivity index (χ4v) is 2.26. The van der Waals surface area contributed by atoms with Crippen LogP contribution in [0.3, 0.4) is 0 Å². The lowest BCUT2D eigenvalue weighted by Gasteiger charge is -2.09. The fraction of sp³-hybridized carbons (Fsp3) is 0.0588. The van der Waals surface area contributed by atoms with Crippen LogP contribution < -0.4 is 0 Å². The average molecular weight is 278 g/mol. The number of aryl methyl sites for hydroxylation is 1. The Morgan fingerprint density at radius 2 is 1.71 bits per heavy atom. The van der Waals surface area contributed by atoms with Crippen LogP contribution in [0.4, 0.5) is 0 Å². The van der Waals surface area contributed by atoms with Crippen molar-refractivity contribution in [3.63, 3.8) is 0 Å². The Morgan fingerprint density at radius 3 is 2.33 bits per heavy atom. The molecule has 0 unspecified atom stereocenters. The molecule has 0 amide bonds. The monoisotopic (exact) mass is 278 g/mol. The molecular weight excluding hydrogens is 264 g/mol. The molecule has 1 heterocycles. The van der Waals surface area contributed by atoms with Crippen molar-refractivity contribution in [2.24, 2.45) is 0 Å². The number of aromatic nitrogens is 2. The lowest BCUT2D eigenvalue weighted by molar-refractivity contribution is 0.0697. The van der Waals surface area contributed by atoms with Gasteiger partial charge in [-0.05, 0) is 19.1 Å². The first-order valence-corrected chi connectivity index (χ1v) is 6.60. The largest absolute Gasteiger partial charge is 0.478 e. The van der Waals surface area contributed by atoms with Crippen LogP contribution in [-0.2, 0) is 0 Å². The molecule has 3 aromatic rings. The zero-order chi connectivity index (χ0) is 14.8. The lowest BCUT2D eigenvalue weighted by atomic mass is 10.1. The first-order valence-electron chi connectivity index (χ1n) is 6.60. The normalized spacial score (nSPS) is 10.5. The summed E-state index contributed by atoms with van der Waals surface area (Å²) in [5.41, 5.74) is 3.58. The molecule has 0 aliphatic heterocycles. The van der Waals surface area contributed by atoms with Crippen LogP contribution in [0.1, 0.15) is 15.9 Å². The van der Waals surface area contributed by atoms with E-state index in [-0.39, 0.29) is 5.56 Å². The van der Waals surface area contributed by atoms with E-state index in [4.69, 9.17) is 0 Å². The number of benzene rings is 2. The predicted molar refractivity (Wildman–Crippen MR) is 80.7 cm³/mol. The van der Waals surface area contributed by atoms with E-state index in [1.54, 1.807) is 4.68 Å². The van der Waals surface area contributed by atoms with Gasteiger partial charge in [-0.15, -0.1) is 0 Å². The van der Waals surface area contributed by atoms with E-state index >= 15 is 0 Å². The Labute approximate surface area is 122 Å². The number of carboxylic acid groups (broad SMARTS) is 1. The second-order valence-electron chi connectivity index (χ2n) is 4.83. The molecule has 1 aromatic heterocycles. The van der Waals surface area contributed by atoms with Crippen molar-refractivity contribution < 1.29 is 9.90 Å². The number of para-hydroxylation sites is 1. The van der Waals surface area contributed by atoms with Gasteiger partial charge < -0.3 is 5.11 Å². The van der Waals surface area contributed by atoms with E-state index in [9.17, 15) is 9.90 Å². The minimum atomic E-state index is -0.979. The van der Waals surface area contributed by atoms with E-state index in [0.717, 1.165) is 16.8 Å². The van der Waals surface area contributed by atoms with Gasteiger partial charge in [-0.3, -0.25) is 0 Å². The molecule has 104 valence electrons. The molecule has 21 heavy (non-hydrogen) atoms. The van der Waals surface area contributed by atoms with Crippen molar-refractivity contribution >= 4 is 5.97 Å². The molecule has 4 heteroatoms. The molecule has 0 atom stereocenters. The van der Waals surface area contributed by atoms with Gasteiger partial charge in [0, 0.05) is 5.56 Å². The van der Waals surface area contributed by atoms with Crippen molar-refractivity contribution in [3.8, 4) is 16.9 Å². The number of hydrogen-bond acceptors (Lipinski definition) is 2. The second kappa shape index (κ2) is 5.25. The van der Waals surface area contributed by atoms with Crippen molar-refractivity contribution in [1.82, 2.24) is 9.78 Å². The minimum absolute atomic E-state index is 0.197. The van der Waals surface area contributed by atoms with Crippen LogP contribution >= 0.6 is 0 Å². The summed E-state index contributed by atoms with van der Waals surface area (Å²) >= 11 is 0. The quantitative estimate of drug-likeness (QED) is 0.797. The Balaban J connectivity index is 2.23. The molecule has 2 aromatic carbocycles. The summed E-state index contributed by atoms with van der Waals surface area (Å²) < 4.78 is 1.66. The number of rotatable bonds is 3. The van der Waals surface area contributed by atoms with Gasteiger partial charge in [-0.2, -0.15) is 5.10 Å². The lowest BCUT2D eigenvalue weighted by Crippen LogP contribution is -2.02. The average Bonchev–Trinajstić information content (AvgIpc) is 2.94. The van der Waals surface area contributed by atoms with Crippen molar-refractivity contribution in [2.45, 2.75) is 6.92 Å². The van der Waals surface area contributed by atoms with Gasteiger partial charge in [0.05, 0.1) is 17.6 Å². The van der Waals surface area contributed by atoms with Crippen molar-refractivity contribution in [3.05, 3.63) is 71.9 Å². The standard InChI is InChI=1S/C17H14N2O2/c1-12-7-9-13(10-8-12)16-15(17(20)21)11-18-19(16)14-5-3-2-4-6-14/h2-11H,1H3,(H,20,21). The second-order valence-corrected chi connectivity index (χ2v) is 4.83. The highest BCUT2D eigenvalue weighted by Gasteiger charge is 2.19. The summed E-state index contributed by atoms with van der Waals surface area (Å²) in [6.07, 6.45) is 1.39. The van der Waals surface area contributed by atoms with Gasteiger partial charge in [-0.1, -0.05) is 48.0 Å². The molecule has 3 rings (SSSR count). The number of aromatic carboxylic acids is 1.